The Bertz CT molecular complexity index is 761. The van der Waals surface area contributed by atoms with Crippen molar-refractivity contribution in [3.63, 3.8) is 0 Å². The summed E-state index contributed by atoms with van der Waals surface area (Å²) < 4.78 is 11.2. The smallest absolute Gasteiger partial charge is 0.407 e. The molecule has 0 aliphatic carbocycles. The molecule has 0 radical (unpaired) electrons. The third-order valence-corrected chi connectivity index (χ3v) is 3.97. The van der Waals surface area contributed by atoms with E-state index in [4.69, 9.17) is 9.47 Å². The molecule has 1 N–H and O–H groups in total. The molecule has 2 aromatic carbocycles. The van der Waals surface area contributed by atoms with Crippen LogP contribution in [0.5, 0.6) is 5.75 Å². The first-order valence-corrected chi connectivity index (χ1v) is 9.61. The largest absolute Gasteiger partial charge is 0.489 e. The monoisotopic (exact) mass is 381 g/mol. The second-order valence-electron chi connectivity index (χ2n) is 8.13. The van der Waals surface area contributed by atoms with Crippen LogP contribution in [0.3, 0.4) is 0 Å². The van der Waals surface area contributed by atoms with Crippen LogP contribution in [0, 0.1) is 0 Å². The van der Waals surface area contributed by atoms with Crippen molar-refractivity contribution in [2.75, 3.05) is 0 Å². The molecule has 1 atom stereocenters. The average Bonchev–Trinajstić information content (AvgIpc) is 2.59. The number of benzene rings is 2. The first kappa shape index (κ1) is 21.5. The van der Waals surface area contributed by atoms with Gasteiger partial charge in [0.2, 0.25) is 0 Å². The molecule has 0 fully saturated rings. The Hall–Kier alpha value is -2.75. The minimum absolute atomic E-state index is 0.0663. The highest BCUT2D eigenvalue weighted by atomic mass is 16.6. The summed E-state index contributed by atoms with van der Waals surface area (Å²) in [6.07, 6.45) is 0.998. The molecular formula is C24H31NO3. The molecule has 0 spiro atoms. The third-order valence-electron chi connectivity index (χ3n) is 3.97. The standard InChI is InChI=1S/C24H31NO3/c1-18(2)15-21(25-23(26)28-24(3,4)5)16-19-11-13-22(14-12-19)27-17-20-9-7-6-8-10-20/h6-14,21H,1,15-17H2,2-5H3,(H,25,26)/t21-/m0/s1. The van der Waals surface area contributed by atoms with Crippen molar-refractivity contribution in [1.29, 1.82) is 0 Å². The fourth-order valence-electron chi connectivity index (χ4n) is 2.82. The normalized spacial score (nSPS) is 12.1. The molecule has 2 rings (SSSR count). The highest BCUT2D eigenvalue weighted by molar-refractivity contribution is 5.68. The van der Waals surface area contributed by atoms with E-state index >= 15 is 0 Å². The van der Waals surface area contributed by atoms with Gasteiger partial charge in [-0.15, -0.1) is 6.58 Å². The van der Waals surface area contributed by atoms with Gasteiger partial charge in [-0.1, -0.05) is 48.0 Å². The Balaban J connectivity index is 1.93. The topological polar surface area (TPSA) is 47.6 Å². The molecule has 0 saturated heterocycles. The van der Waals surface area contributed by atoms with Gasteiger partial charge in [-0.3, -0.25) is 0 Å². The summed E-state index contributed by atoms with van der Waals surface area (Å²) in [5, 5.41) is 2.96. The average molecular weight is 382 g/mol. The third kappa shape index (κ3) is 8.30. The molecule has 0 aliphatic heterocycles. The summed E-state index contributed by atoms with van der Waals surface area (Å²) in [5.74, 6) is 0.823. The predicted octanol–water partition coefficient (Wildman–Crippen LogP) is 5.67. The van der Waals surface area contributed by atoms with Crippen LogP contribution in [-0.2, 0) is 17.8 Å². The Labute approximate surface area is 168 Å². The molecule has 0 bridgehead atoms. The van der Waals surface area contributed by atoms with Gasteiger partial charge in [-0.25, -0.2) is 4.79 Å². The Morgan fingerprint density at radius 2 is 1.68 bits per heavy atom. The quantitative estimate of drug-likeness (QED) is 0.600. The summed E-state index contributed by atoms with van der Waals surface area (Å²) in [6, 6.07) is 18.0. The number of amides is 1. The van der Waals surface area contributed by atoms with E-state index < -0.39 is 11.7 Å². The molecule has 1 amide bonds. The van der Waals surface area contributed by atoms with Crippen molar-refractivity contribution >= 4 is 6.09 Å². The van der Waals surface area contributed by atoms with E-state index in [2.05, 4.69) is 11.9 Å². The van der Waals surface area contributed by atoms with Gasteiger partial charge in [0.1, 0.15) is 18.0 Å². The van der Waals surface area contributed by atoms with Gasteiger partial charge in [0.05, 0.1) is 0 Å². The number of carbonyl (C=O) groups is 1. The molecular weight excluding hydrogens is 350 g/mol. The number of alkyl carbamates (subject to hydrolysis) is 1. The van der Waals surface area contributed by atoms with Crippen LogP contribution in [-0.4, -0.2) is 17.7 Å². The Morgan fingerprint density at radius 1 is 1.04 bits per heavy atom. The van der Waals surface area contributed by atoms with Gasteiger partial charge in [0.15, 0.2) is 0 Å². The zero-order valence-corrected chi connectivity index (χ0v) is 17.3. The molecule has 0 unspecified atom stereocenters. The molecule has 28 heavy (non-hydrogen) atoms. The van der Waals surface area contributed by atoms with Gasteiger partial charge in [-0.2, -0.15) is 0 Å². The van der Waals surface area contributed by atoms with Crippen molar-refractivity contribution in [3.8, 4) is 5.75 Å². The lowest BCUT2D eigenvalue weighted by Gasteiger charge is -2.24. The van der Waals surface area contributed by atoms with E-state index in [9.17, 15) is 4.79 Å². The van der Waals surface area contributed by atoms with E-state index in [1.807, 2.05) is 82.3 Å². The highest BCUT2D eigenvalue weighted by Crippen LogP contribution is 2.17. The predicted molar refractivity (Wildman–Crippen MR) is 114 cm³/mol. The van der Waals surface area contributed by atoms with Crippen molar-refractivity contribution in [1.82, 2.24) is 5.32 Å². The Morgan fingerprint density at radius 3 is 2.25 bits per heavy atom. The van der Waals surface area contributed by atoms with E-state index in [0.29, 0.717) is 19.4 Å². The van der Waals surface area contributed by atoms with Crippen LogP contribution in [0.1, 0.15) is 45.2 Å². The van der Waals surface area contributed by atoms with Crippen LogP contribution in [0.15, 0.2) is 66.7 Å². The van der Waals surface area contributed by atoms with E-state index in [0.717, 1.165) is 22.4 Å². The molecule has 0 aliphatic rings. The lowest BCUT2D eigenvalue weighted by molar-refractivity contribution is 0.0504. The molecule has 4 nitrogen and oxygen atoms in total. The van der Waals surface area contributed by atoms with Crippen LogP contribution >= 0.6 is 0 Å². The van der Waals surface area contributed by atoms with E-state index in [1.54, 1.807) is 0 Å². The van der Waals surface area contributed by atoms with Gasteiger partial charge in [-0.05, 0) is 63.8 Å². The number of hydrogen-bond donors (Lipinski definition) is 1. The van der Waals surface area contributed by atoms with E-state index in [-0.39, 0.29) is 6.04 Å². The van der Waals surface area contributed by atoms with Crippen molar-refractivity contribution in [2.24, 2.45) is 0 Å². The fraction of sp³-hybridized carbons (Fsp3) is 0.375. The fourth-order valence-corrected chi connectivity index (χ4v) is 2.82. The Kier molecular flexibility index (Phi) is 7.68. The van der Waals surface area contributed by atoms with Crippen LogP contribution < -0.4 is 10.1 Å². The summed E-state index contributed by atoms with van der Waals surface area (Å²) in [6.45, 7) is 12.0. The van der Waals surface area contributed by atoms with Crippen molar-refractivity contribution < 1.29 is 14.3 Å². The number of nitrogens with one attached hydrogen (secondary N) is 1. The van der Waals surface area contributed by atoms with Gasteiger partial charge in [0, 0.05) is 6.04 Å². The van der Waals surface area contributed by atoms with Gasteiger partial charge in [0.25, 0.3) is 0 Å². The minimum Gasteiger partial charge on any atom is -0.489 e. The summed E-state index contributed by atoms with van der Waals surface area (Å²) >= 11 is 0. The number of carbonyl (C=O) groups excluding carboxylic acids is 1. The van der Waals surface area contributed by atoms with E-state index in [1.165, 1.54) is 0 Å². The van der Waals surface area contributed by atoms with Gasteiger partial charge >= 0.3 is 6.09 Å². The molecule has 0 saturated carbocycles. The highest BCUT2D eigenvalue weighted by Gasteiger charge is 2.20. The summed E-state index contributed by atoms with van der Waals surface area (Å²) in [5.41, 5.74) is 2.75. The number of rotatable bonds is 8. The summed E-state index contributed by atoms with van der Waals surface area (Å²) in [4.78, 5) is 12.1. The van der Waals surface area contributed by atoms with Crippen LogP contribution in [0.4, 0.5) is 4.79 Å². The maximum atomic E-state index is 12.1. The maximum absolute atomic E-state index is 12.1. The summed E-state index contributed by atoms with van der Waals surface area (Å²) in [7, 11) is 0. The lowest BCUT2D eigenvalue weighted by Crippen LogP contribution is -2.40. The molecule has 2 aromatic rings. The van der Waals surface area contributed by atoms with Crippen LogP contribution in [0.2, 0.25) is 0 Å². The van der Waals surface area contributed by atoms with Crippen LogP contribution in [0.25, 0.3) is 0 Å². The lowest BCUT2D eigenvalue weighted by atomic mass is 10.0. The SMILES string of the molecule is C=C(C)C[C@@H](Cc1ccc(OCc2ccccc2)cc1)NC(=O)OC(C)(C)C. The van der Waals surface area contributed by atoms with Crippen molar-refractivity contribution in [3.05, 3.63) is 77.9 Å². The number of ether oxygens (including phenoxy) is 2. The van der Waals surface area contributed by atoms with Gasteiger partial charge < -0.3 is 14.8 Å². The molecule has 4 heteroatoms. The van der Waals surface area contributed by atoms with Crippen molar-refractivity contribution in [2.45, 2.75) is 58.8 Å². The molecule has 0 aromatic heterocycles. The first-order chi connectivity index (χ1) is 13.2. The zero-order chi connectivity index (χ0) is 20.6. The first-order valence-electron chi connectivity index (χ1n) is 9.61. The minimum atomic E-state index is -0.518. The maximum Gasteiger partial charge on any atom is 0.407 e. The molecule has 150 valence electrons. The second-order valence-corrected chi connectivity index (χ2v) is 8.13. The zero-order valence-electron chi connectivity index (χ0n) is 17.3. The molecule has 0 heterocycles. The number of hydrogen-bond acceptors (Lipinski definition) is 3. The second kappa shape index (κ2) is 9.98.